The van der Waals surface area contributed by atoms with Gasteiger partial charge < -0.3 is 15.2 Å². The van der Waals surface area contributed by atoms with Crippen LogP contribution >= 0.6 is 0 Å². The highest BCUT2D eigenvalue weighted by molar-refractivity contribution is 6.28. The van der Waals surface area contributed by atoms with Crippen LogP contribution in [0.15, 0.2) is 103 Å². The standard InChI is InChI=1S/C31H23NO6/c33-27-22-13-7-8-14-23(22)28(34)25-17-19(15-16-24(25)27)18-38-31(37)29(35)26(20-9-3-1-4-10-20)32-30(36)21-11-5-2-6-12-21/h1-17,26,29,35H,18H2,(H,32,36)/t26-,29-/m0/s1. The van der Waals surface area contributed by atoms with E-state index in [4.69, 9.17) is 4.74 Å². The van der Waals surface area contributed by atoms with Crippen molar-refractivity contribution in [2.75, 3.05) is 0 Å². The maximum atomic E-state index is 13.0. The van der Waals surface area contributed by atoms with Crippen LogP contribution < -0.4 is 5.32 Å². The van der Waals surface area contributed by atoms with Crippen molar-refractivity contribution in [2.45, 2.75) is 18.8 Å². The largest absolute Gasteiger partial charge is 0.459 e. The van der Waals surface area contributed by atoms with Gasteiger partial charge in [-0.1, -0.05) is 78.9 Å². The van der Waals surface area contributed by atoms with E-state index < -0.39 is 24.0 Å². The van der Waals surface area contributed by atoms with Crippen LogP contribution in [0.2, 0.25) is 0 Å². The number of fused-ring (bicyclic) bond motifs is 2. The topological polar surface area (TPSA) is 110 Å². The Balaban J connectivity index is 1.32. The van der Waals surface area contributed by atoms with Crippen LogP contribution in [0.3, 0.4) is 0 Å². The van der Waals surface area contributed by atoms with Crippen molar-refractivity contribution < 1.29 is 29.0 Å². The molecule has 1 amide bonds. The number of carbonyl (C=O) groups is 4. The summed E-state index contributed by atoms with van der Waals surface area (Å²) < 4.78 is 5.37. The molecule has 2 atom stereocenters. The van der Waals surface area contributed by atoms with E-state index in [1.807, 2.05) is 0 Å². The number of carbonyl (C=O) groups excluding carboxylic acids is 4. The third kappa shape index (κ3) is 4.87. The van der Waals surface area contributed by atoms with Crippen molar-refractivity contribution in [3.8, 4) is 0 Å². The van der Waals surface area contributed by atoms with Crippen molar-refractivity contribution in [1.29, 1.82) is 0 Å². The Kier molecular flexibility index (Phi) is 6.93. The molecule has 4 aromatic rings. The van der Waals surface area contributed by atoms with Gasteiger partial charge >= 0.3 is 5.97 Å². The monoisotopic (exact) mass is 505 g/mol. The lowest BCUT2D eigenvalue weighted by molar-refractivity contribution is -0.156. The van der Waals surface area contributed by atoms with Gasteiger partial charge in [-0.25, -0.2) is 4.79 Å². The number of benzene rings is 4. The minimum absolute atomic E-state index is 0.236. The molecule has 0 spiro atoms. The molecule has 0 aromatic heterocycles. The Hall–Kier alpha value is -4.88. The fourth-order valence-electron chi connectivity index (χ4n) is 4.43. The first kappa shape index (κ1) is 24.8. The molecule has 0 saturated heterocycles. The van der Waals surface area contributed by atoms with E-state index in [9.17, 15) is 24.3 Å². The molecule has 0 fully saturated rings. The fraction of sp³-hybridized carbons (Fsp3) is 0.0968. The molecular formula is C31H23NO6. The Morgan fingerprint density at radius 3 is 1.92 bits per heavy atom. The third-order valence-electron chi connectivity index (χ3n) is 6.41. The molecule has 38 heavy (non-hydrogen) atoms. The van der Waals surface area contributed by atoms with Crippen LogP contribution in [0.5, 0.6) is 0 Å². The highest BCUT2D eigenvalue weighted by Gasteiger charge is 2.32. The van der Waals surface area contributed by atoms with Gasteiger partial charge in [0.05, 0.1) is 6.04 Å². The predicted molar refractivity (Wildman–Crippen MR) is 139 cm³/mol. The zero-order chi connectivity index (χ0) is 26.6. The average molecular weight is 506 g/mol. The zero-order valence-corrected chi connectivity index (χ0v) is 20.2. The molecule has 7 nitrogen and oxygen atoms in total. The number of esters is 1. The highest BCUT2D eigenvalue weighted by Crippen LogP contribution is 2.28. The number of nitrogens with one attached hydrogen (secondary N) is 1. The normalized spacial score (nSPS) is 13.6. The lowest BCUT2D eigenvalue weighted by Gasteiger charge is -2.24. The summed E-state index contributed by atoms with van der Waals surface area (Å²) in [5, 5.41) is 13.6. The van der Waals surface area contributed by atoms with Crippen LogP contribution in [-0.2, 0) is 16.1 Å². The smallest absolute Gasteiger partial charge is 0.337 e. The number of rotatable bonds is 7. The molecule has 0 unspecified atom stereocenters. The number of ketones is 2. The molecular weight excluding hydrogens is 482 g/mol. The third-order valence-corrected chi connectivity index (χ3v) is 6.41. The molecule has 4 aromatic carbocycles. The lowest BCUT2D eigenvalue weighted by atomic mass is 9.83. The maximum absolute atomic E-state index is 13.0. The predicted octanol–water partition coefficient (Wildman–Crippen LogP) is 4.04. The fourth-order valence-corrected chi connectivity index (χ4v) is 4.43. The maximum Gasteiger partial charge on any atom is 0.337 e. The first-order chi connectivity index (χ1) is 18.4. The van der Waals surface area contributed by atoms with Gasteiger partial charge in [-0.05, 0) is 35.4 Å². The Morgan fingerprint density at radius 2 is 1.26 bits per heavy atom. The van der Waals surface area contributed by atoms with Crippen LogP contribution in [0, 0.1) is 0 Å². The van der Waals surface area contributed by atoms with E-state index in [0.29, 0.717) is 27.8 Å². The van der Waals surface area contributed by atoms with Crippen molar-refractivity contribution in [2.24, 2.45) is 0 Å². The molecule has 0 saturated carbocycles. The second kappa shape index (κ2) is 10.6. The molecule has 188 valence electrons. The quantitative estimate of drug-likeness (QED) is 0.323. The Bertz CT molecular complexity index is 1530. The molecule has 1 aliphatic carbocycles. The zero-order valence-electron chi connectivity index (χ0n) is 20.2. The van der Waals surface area contributed by atoms with Crippen LogP contribution in [0.25, 0.3) is 0 Å². The van der Waals surface area contributed by atoms with E-state index >= 15 is 0 Å². The van der Waals surface area contributed by atoms with E-state index in [0.717, 1.165) is 0 Å². The minimum atomic E-state index is -1.70. The minimum Gasteiger partial charge on any atom is -0.459 e. The summed E-state index contributed by atoms with van der Waals surface area (Å²) in [6.45, 7) is -0.236. The van der Waals surface area contributed by atoms with Gasteiger partial charge in [-0.15, -0.1) is 0 Å². The SMILES string of the molecule is O=C(N[C@@H](c1ccccc1)[C@H](O)C(=O)OCc1ccc2c(c1)C(=O)c1ccccc1C2=O)c1ccccc1. The van der Waals surface area contributed by atoms with E-state index in [2.05, 4.69) is 5.32 Å². The van der Waals surface area contributed by atoms with Crippen molar-refractivity contribution >= 4 is 23.4 Å². The second-order valence-corrected chi connectivity index (χ2v) is 8.86. The molecule has 0 aliphatic heterocycles. The average Bonchev–Trinajstić information content (AvgIpc) is 2.97. The summed E-state index contributed by atoms with van der Waals surface area (Å²) in [5.74, 6) is -1.92. The van der Waals surface area contributed by atoms with Crippen molar-refractivity contribution in [3.05, 3.63) is 142 Å². The van der Waals surface area contributed by atoms with Crippen molar-refractivity contribution in [3.63, 3.8) is 0 Å². The molecule has 7 heteroatoms. The summed E-state index contributed by atoms with van der Waals surface area (Å²) in [7, 11) is 0. The van der Waals surface area contributed by atoms with Gasteiger partial charge in [0, 0.05) is 27.8 Å². The second-order valence-electron chi connectivity index (χ2n) is 8.86. The van der Waals surface area contributed by atoms with E-state index in [-0.39, 0.29) is 29.3 Å². The van der Waals surface area contributed by atoms with E-state index in [1.54, 1.807) is 91.0 Å². The first-order valence-corrected chi connectivity index (χ1v) is 12.0. The summed E-state index contributed by atoms with van der Waals surface area (Å²) in [6, 6.07) is 27.3. The summed E-state index contributed by atoms with van der Waals surface area (Å²) in [6.07, 6.45) is -1.70. The lowest BCUT2D eigenvalue weighted by Crippen LogP contribution is -2.41. The number of amides is 1. The molecule has 1 aliphatic rings. The van der Waals surface area contributed by atoms with Crippen LogP contribution in [-0.4, -0.2) is 34.7 Å². The Morgan fingerprint density at radius 1 is 0.711 bits per heavy atom. The van der Waals surface area contributed by atoms with Gasteiger partial charge in [0.2, 0.25) is 0 Å². The van der Waals surface area contributed by atoms with Gasteiger partial charge in [0.15, 0.2) is 17.7 Å². The van der Waals surface area contributed by atoms with E-state index in [1.165, 1.54) is 12.1 Å². The van der Waals surface area contributed by atoms with Crippen LogP contribution in [0.4, 0.5) is 0 Å². The first-order valence-electron chi connectivity index (χ1n) is 12.0. The highest BCUT2D eigenvalue weighted by atomic mass is 16.5. The van der Waals surface area contributed by atoms with Gasteiger partial charge in [-0.3, -0.25) is 14.4 Å². The molecule has 5 rings (SSSR count). The summed E-state index contributed by atoms with van der Waals surface area (Å²) in [5.41, 5.74) is 2.60. The summed E-state index contributed by atoms with van der Waals surface area (Å²) in [4.78, 5) is 51.4. The van der Waals surface area contributed by atoms with Crippen molar-refractivity contribution in [1.82, 2.24) is 5.32 Å². The molecule has 2 N–H and O–H groups in total. The number of hydrogen-bond donors (Lipinski definition) is 2. The van der Waals surface area contributed by atoms with Gasteiger partial charge in [0.25, 0.3) is 5.91 Å². The Labute approximate surface area is 218 Å². The summed E-state index contributed by atoms with van der Waals surface area (Å²) >= 11 is 0. The number of aliphatic hydroxyl groups excluding tert-OH is 1. The van der Waals surface area contributed by atoms with Gasteiger partial charge in [-0.2, -0.15) is 0 Å². The number of aliphatic hydroxyl groups is 1. The van der Waals surface area contributed by atoms with Crippen LogP contribution in [0.1, 0.15) is 59.4 Å². The number of hydrogen-bond acceptors (Lipinski definition) is 6. The molecule has 0 bridgehead atoms. The van der Waals surface area contributed by atoms with Gasteiger partial charge in [0.1, 0.15) is 6.61 Å². The molecule has 0 radical (unpaired) electrons. The molecule has 0 heterocycles. The number of ether oxygens (including phenoxy) is 1.